The Hall–Kier alpha value is -4.45. The van der Waals surface area contributed by atoms with Crippen LogP contribution in [0.4, 0.5) is 0 Å². The van der Waals surface area contributed by atoms with Gasteiger partial charge in [0.05, 0.1) is 11.5 Å². The topological polar surface area (TPSA) is 78.9 Å². The zero-order chi connectivity index (χ0) is 32.2. The van der Waals surface area contributed by atoms with Gasteiger partial charge in [-0.25, -0.2) is 4.79 Å². The van der Waals surface area contributed by atoms with Gasteiger partial charge in [-0.2, -0.15) is 0 Å². The monoisotopic (exact) mass is 608 g/mol. The van der Waals surface area contributed by atoms with Crippen LogP contribution in [0.25, 0.3) is 21.9 Å². The molecule has 0 saturated heterocycles. The van der Waals surface area contributed by atoms with Gasteiger partial charge in [-0.05, 0) is 90.0 Å². The molecule has 4 aromatic carbocycles. The van der Waals surface area contributed by atoms with Crippen LogP contribution in [0.1, 0.15) is 101 Å². The number of esters is 3. The lowest BCUT2D eigenvalue weighted by Crippen LogP contribution is -2.20. The van der Waals surface area contributed by atoms with E-state index >= 15 is 0 Å². The largest absolute Gasteiger partial charge is 0.462 e. The summed E-state index contributed by atoms with van der Waals surface area (Å²) in [5, 5.41) is 1.85. The molecule has 0 aliphatic heterocycles. The van der Waals surface area contributed by atoms with Crippen LogP contribution < -0.4 is 9.47 Å². The third-order valence-electron chi connectivity index (χ3n) is 8.12. The van der Waals surface area contributed by atoms with E-state index < -0.39 is 5.97 Å². The molecule has 45 heavy (non-hydrogen) atoms. The lowest BCUT2D eigenvalue weighted by Gasteiger charge is -2.18. The Morgan fingerprint density at radius 3 is 1.91 bits per heavy atom. The Balaban J connectivity index is 1.32. The summed E-state index contributed by atoms with van der Waals surface area (Å²) in [5.74, 6) is -0.286. The molecule has 0 unspecified atom stereocenters. The molecule has 236 valence electrons. The summed E-state index contributed by atoms with van der Waals surface area (Å²) in [6.45, 7) is 8.06. The van der Waals surface area contributed by atoms with Gasteiger partial charge >= 0.3 is 17.9 Å². The molecule has 4 aromatic rings. The van der Waals surface area contributed by atoms with Crippen LogP contribution in [-0.4, -0.2) is 24.0 Å². The number of carbonyl (C=O) groups is 3. The second-order valence-electron chi connectivity index (χ2n) is 11.5. The van der Waals surface area contributed by atoms with Crippen LogP contribution in [0.2, 0.25) is 0 Å². The van der Waals surface area contributed by atoms with Crippen molar-refractivity contribution in [1.29, 1.82) is 0 Å². The molecule has 0 amide bonds. The van der Waals surface area contributed by atoms with E-state index in [9.17, 15) is 14.4 Å². The highest BCUT2D eigenvalue weighted by Gasteiger charge is 2.20. The number of unbranched alkanes of at least 4 members (excludes halogenated alkanes) is 4. The van der Waals surface area contributed by atoms with Crippen molar-refractivity contribution >= 4 is 28.7 Å². The highest BCUT2D eigenvalue weighted by atomic mass is 16.5. The van der Waals surface area contributed by atoms with E-state index in [1.165, 1.54) is 12.8 Å². The quantitative estimate of drug-likeness (QED) is 0.0759. The number of fused-ring (bicyclic) bond motifs is 1. The maximum atomic E-state index is 12.9. The van der Waals surface area contributed by atoms with E-state index in [-0.39, 0.29) is 24.0 Å². The van der Waals surface area contributed by atoms with Gasteiger partial charge < -0.3 is 14.2 Å². The third kappa shape index (κ3) is 9.52. The van der Waals surface area contributed by atoms with Crippen LogP contribution in [0, 0.1) is 0 Å². The van der Waals surface area contributed by atoms with Crippen LogP contribution in [0.5, 0.6) is 11.5 Å². The summed E-state index contributed by atoms with van der Waals surface area (Å²) in [6, 6.07) is 25.9. The number of benzene rings is 4. The third-order valence-corrected chi connectivity index (χ3v) is 8.12. The van der Waals surface area contributed by atoms with Crippen LogP contribution >= 0.6 is 0 Å². The molecule has 0 fully saturated rings. The van der Waals surface area contributed by atoms with Crippen LogP contribution in [0.15, 0.2) is 84.9 Å². The van der Waals surface area contributed by atoms with E-state index in [1.807, 2.05) is 75.4 Å². The van der Waals surface area contributed by atoms with Crippen molar-refractivity contribution in [3.8, 4) is 22.6 Å². The lowest BCUT2D eigenvalue weighted by atomic mass is 9.97. The van der Waals surface area contributed by atoms with Gasteiger partial charge in [0.25, 0.3) is 0 Å². The Morgan fingerprint density at radius 2 is 1.24 bits per heavy atom. The van der Waals surface area contributed by atoms with E-state index in [1.54, 1.807) is 30.3 Å². The summed E-state index contributed by atoms with van der Waals surface area (Å²) in [6.07, 6.45) is 7.39. The lowest BCUT2D eigenvalue weighted by molar-refractivity contribution is -0.150. The Labute approximate surface area is 266 Å². The minimum atomic E-state index is -0.452. The molecule has 1 atom stereocenters. The predicted molar refractivity (Wildman–Crippen MR) is 179 cm³/mol. The molecule has 0 aromatic heterocycles. The number of hydrogen-bond donors (Lipinski definition) is 0. The van der Waals surface area contributed by atoms with Gasteiger partial charge in [0.15, 0.2) is 0 Å². The van der Waals surface area contributed by atoms with Gasteiger partial charge in [-0.3, -0.25) is 9.59 Å². The first-order valence-corrected chi connectivity index (χ1v) is 16.2. The molecule has 6 nitrogen and oxygen atoms in total. The van der Waals surface area contributed by atoms with Gasteiger partial charge in [-0.15, -0.1) is 0 Å². The second-order valence-corrected chi connectivity index (χ2v) is 11.5. The SMILES string of the molecule is CCCCCCCC(=O)Oc1ccc(-c2ccc(C(=O)Oc3ccc4cc([C@H](C)C(=O)OC(CC)CC)ccc4c3)cc2)cc1. The van der Waals surface area contributed by atoms with Crippen LogP contribution in [0.3, 0.4) is 0 Å². The minimum Gasteiger partial charge on any atom is -0.462 e. The summed E-state index contributed by atoms with van der Waals surface area (Å²) < 4.78 is 16.8. The van der Waals surface area contributed by atoms with Crippen molar-refractivity contribution in [3.05, 3.63) is 96.1 Å². The van der Waals surface area contributed by atoms with E-state index in [0.717, 1.165) is 59.6 Å². The maximum absolute atomic E-state index is 12.9. The average molecular weight is 609 g/mol. The first-order chi connectivity index (χ1) is 21.8. The Bertz CT molecular complexity index is 1570. The zero-order valence-corrected chi connectivity index (χ0v) is 26.8. The smallest absolute Gasteiger partial charge is 0.343 e. The summed E-state index contributed by atoms with van der Waals surface area (Å²) in [5.41, 5.74) is 3.19. The molecule has 0 radical (unpaired) electrons. The number of rotatable bonds is 15. The highest BCUT2D eigenvalue weighted by molar-refractivity contribution is 5.93. The molecule has 0 heterocycles. The predicted octanol–water partition coefficient (Wildman–Crippen LogP) is 9.83. The molecule has 0 N–H and O–H groups in total. The summed E-state index contributed by atoms with van der Waals surface area (Å²) >= 11 is 0. The van der Waals surface area contributed by atoms with Gasteiger partial charge in [-0.1, -0.05) is 95.0 Å². The molecular weight excluding hydrogens is 564 g/mol. The molecule has 4 rings (SSSR count). The normalized spacial score (nSPS) is 11.8. The number of hydrogen-bond acceptors (Lipinski definition) is 6. The maximum Gasteiger partial charge on any atom is 0.343 e. The molecular formula is C39H44O6. The number of ether oxygens (including phenoxy) is 3. The first-order valence-electron chi connectivity index (χ1n) is 16.2. The number of carbonyl (C=O) groups excluding carboxylic acids is 3. The summed E-state index contributed by atoms with van der Waals surface area (Å²) in [7, 11) is 0. The van der Waals surface area contributed by atoms with Crippen LogP contribution in [-0.2, 0) is 14.3 Å². The summed E-state index contributed by atoms with van der Waals surface area (Å²) in [4.78, 5) is 37.7. The van der Waals surface area contributed by atoms with Crippen molar-refractivity contribution in [3.63, 3.8) is 0 Å². The molecule has 0 saturated carbocycles. The van der Waals surface area contributed by atoms with Gasteiger partial charge in [0.2, 0.25) is 0 Å². The van der Waals surface area contributed by atoms with Crippen molar-refractivity contribution in [2.75, 3.05) is 0 Å². The fraction of sp³-hybridized carbons (Fsp3) is 0.359. The molecule has 0 aliphatic rings. The average Bonchev–Trinajstić information content (AvgIpc) is 3.06. The molecule has 0 spiro atoms. The van der Waals surface area contributed by atoms with Crippen molar-refractivity contribution < 1.29 is 28.6 Å². The Kier molecular flexibility index (Phi) is 12.3. The van der Waals surface area contributed by atoms with Crippen molar-refractivity contribution in [2.45, 2.75) is 91.1 Å². The zero-order valence-electron chi connectivity index (χ0n) is 26.8. The standard InChI is InChI=1S/C39H44O6/c1-5-8-9-10-11-12-37(40)43-35-22-19-29(20-23-35)28-13-15-30(16-14-28)39(42)45-36-24-21-32-25-31(17-18-33(32)26-36)27(4)38(41)44-34(6-2)7-3/h13-27,34H,5-12H2,1-4H3/t27-/m0/s1. The van der Waals surface area contributed by atoms with E-state index in [2.05, 4.69) is 6.92 Å². The van der Waals surface area contributed by atoms with Gasteiger partial charge in [0, 0.05) is 6.42 Å². The van der Waals surface area contributed by atoms with E-state index in [0.29, 0.717) is 23.5 Å². The van der Waals surface area contributed by atoms with E-state index in [4.69, 9.17) is 14.2 Å². The fourth-order valence-electron chi connectivity index (χ4n) is 5.17. The fourth-order valence-corrected chi connectivity index (χ4v) is 5.17. The molecule has 0 aliphatic carbocycles. The van der Waals surface area contributed by atoms with Crippen molar-refractivity contribution in [1.82, 2.24) is 0 Å². The second kappa shape index (κ2) is 16.6. The van der Waals surface area contributed by atoms with Gasteiger partial charge in [0.1, 0.15) is 17.6 Å². The molecule has 0 bridgehead atoms. The first kappa shape index (κ1) is 33.4. The Morgan fingerprint density at radius 1 is 0.644 bits per heavy atom. The van der Waals surface area contributed by atoms with Crippen molar-refractivity contribution in [2.24, 2.45) is 0 Å². The minimum absolute atomic E-state index is 0.0621. The molecule has 6 heteroatoms. The highest BCUT2D eigenvalue weighted by Crippen LogP contribution is 2.28.